The number of ketones is 1. The van der Waals surface area contributed by atoms with Crippen molar-refractivity contribution in [3.05, 3.63) is 71.5 Å². The smallest absolute Gasteiger partial charge is 0.428 e. The molecule has 3 aromatic rings. The number of fused-ring (bicyclic) bond motifs is 2. The molecule has 1 aromatic heterocycles. The summed E-state index contributed by atoms with van der Waals surface area (Å²) in [5.41, 5.74) is 9.25. The molecule has 0 spiro atoms. The van der Waals surface area contributed by atoms with Gasteiger partial charge in [0.25, 0.3) is 0 Å². The standard InChI is InChI=1S/C20H19BN4O2/c22-10-18(15-3-4-19-17(9-15)12-24-25-21(19)27)20(26)8-13-1-2-16-11-23-6-5-14(16)7-13/h1-7,9,11-12,18,25,27H,8,10,22H2/t18-/m1/s1. The van der Waals surface area contributed by atoms with Crippen molar-refractivity contribution < 1.29 is 9.82 Å². The van der Waals surface area contributed by atoms with Crippen molar-refractivity contribution in [2.45, 2.75) is 12.3 Å². The summed E-state index contributed by atoms with van der Waals surface area (Å²) in [5, 5.41) is 18.5. The van der Waals surface area contributed by atoms with Crippen LogP contribution < -0.4 is 16.5 Å². The van der Waals surface area contributed by atoms with Crippen molar-refractivity contribution in [2.75, 3.05) is 6.54 Å². The van der Waals surface area contributed by atoms with E-state index in [2.05, 4.69) is 15.4 Å². The Labute approximate surface area is 157 Å². The average Bonchev–Trinajstić information content (AvgIpc) is 2.68. The van der Waals surface area contributed by atoms with E-state index in [1.165, 1.54) is 0 Å². The van der Waals surface area contributed by atoms with Gasteiger partial charge >= 0.3 is 7.05 Å². The number of carbonyl (C=O) groups is 1. The molecule has 2 aromatic carbocycles. The number of nitrogens with zero attached hydrogens (tertiary/aromatic N) is 2. The van der Waals surface area contributed by atoms with Crippen LogP contribution in [0.4, 0.5) is 0 Å². The van der Waals surface area contributed by atoms with Gasteiger partial charge in [0.1, 0.15) is 5.78 Å². The first-order valence-electron chi connectivity index (χ1n) is 8.81. The molecule has 4 N–H and O–H groups in total. The molecule has 4 rings (SSSR count). The lowest BCUT2D eigenvalue weighted by Gasteiger charge is -2.19. The molecule has 0 aliphatic carbocycles. The number of hydrogen-bond donors (Lipinski definition) is 3. The van der Waals surface area contributed by atoms with Crippen LogP contribution in [-0.4, -0.2) is 35.6 Å². The summed E-state index contributed by atoms with van der Waals surface area (Å²) in [5.74, 6) is -0.332. The van der Waals surface area contributed by atoms with Gasteiger partial charge in [-0.15, -0.1) is 0 Å². The van der Waals surface area contributed by atoms with Gasteiger partial charge in [-0.3, -0.25) is 9.78 Å². The predicted octanol–water partition coefficient (Wildman–Crippen LogP) is 0.713. The van der Waals surface area contributed by atoms with Crippen molar-refractivity contribution in [1.82, 2.24) is 10.3 Å². The van der Waals surface area contributed by atoms with Crippen molar-refractivity contribution in [1.29, 1.82) is 0 Å². The first-order chi connectivity index (χ1) is 13.2. The number of aromatic nitrogens is 1. The van der Waals surface area contributed by atoms with E-state index in [0.29, 0.717) is 6.42 Å². The fourth-order valence-electron chi connectivity index (χ4n) is 3.44. The molecule has 1 aliphatic rings. The second kappa shape index (κ2) is 7.30. The molecular weight excluding hydrogens is 339 g/mol. The van der Waals surface area contributed by atoms with Gasteiger partial charge in [0, 0.05) is 30.7 Å². The zero-order chi connectivity index (χ0) is 18.8. The summed E-state index contributed by atoms with van der Waals surface area (Å²) in [4.78, 5) is 17.0. The van der Waals surface area contributed by atoms with Crippen LogP contribution in [0.2, 0.25) is 0 Å². The van der Waals surface area contributed by atoms with Crippen LogP contribution in [0.25, 0.3) is 10.8 Å². The third-order valence-corrected chi connectivity index (χ3v) is 4.92. The van der Waals surface area contributed by atoms with Crippen LogP contribution >= 0.6 is 0 Å². The molecule has 0 fully saturated rings. The van der Waals surface area contributed by atoms with Gasteiger partial charge in [0.2, 0.25) is 0 Å². The first-order valence-corrected chi connectivity index (χ1v) is 8.81. The zero-order valence-corrected chi connectivity index (χ0v) is 14.7. The average molecular weight is 358 g/mol. The number of hydrogen-bond acceptors (Lipinski definition) is 6. The lowest BCUT2D eigenvalue weighted by Crippen LogP contribution is -2.47. The largest absolute Gasteiger partial charge is 0.464 e. The van der Waals surface area contributed by atoms with Crippen LogP contribution in [0.1, 0.15) is 22.6 Å². The number of hydrazone groups is 1. The van der Waals surface area contributed by atoms with Gasteiger partial charge in [0.05, 0.1) is 12.1 Å². The van der Waals surface area contributed by atoms with Gasteiger partial charge in [-0.05, 0) is 39.7 Å². The fourth-order valence-corrected chi connectivity index (χ4v) is 3.44. The SMILES string of the molecule is NC[C@@H](C(=O)Cc1ccc2cnccc2c1)c1ccc2c(c1)C=NNB2O. The normalized spacial score (nSPS) is 13.9. The summed E-state index contributed by atoms with van der Waals surface area (Å²) in [6.07, 6.45) is 5.51. The molecule has 0 saturated carbocycles. The lowest BCUT2D eigenvalue weighted by atomic mass is 9.71. The van der Waals surface area contributed by atoms with E-state index < -0.39 is 13.0 Å². The number of nitrogens with one attached hydrogen (secondary N) is 1. The molecule has 7 heteroatoms. The molecule has 6 nitrogen and oxygen atoms in total. The molecular formula is C20H19BN4O2. The Bertz CT molecular complexity index is 1040. The number of benzene rings is 2. The summed E-state index contributed by atoms with van der Waals surface area (Å²) in [6.45, 7) is 0.229. The Kier molecular flexibility index (Phi) is 4.70. The maximum atomic E-state index is 12.9. The van der Waals surface area contributed by atoms with Gasteiger partial charge < -0.3 is 16.1 Å². The minimum absolute atomic E-state index is 0.0669. The maximum absolute atomic E-state index is 12.9. The Balaban J connectivity index is 1.58. The number of nitrogens with two attached hydrogens (primary N) is 1. The highest BCUT2D eigenvalue weighted by Crippen LogP contribution is 2.21. The molecule has 27 heavy (non-hydrogen) atoms. The number of carbonyl (C=O) groups excluding carboxylic acids is 1. The molecule has 1 aliphatic heterocycles. The predicted molar refractivity (Wildman–Crippen MR) is 107 cm³/mol. The molecule has 0 radical (unpaired) electrons. The monoisotopic (exact) mass is 358 g/mol. The third-order valence-electron chi connectivity index (χ3n) is 4.92. The summed E-state index contributed by atoms with van der Waals surface area (Å²) in [7, 11) is -0.835. The minimum atomic E-state index is -0.835. The molecule has 1 atom stereocenters. The van der Waals surface area contributed by atoms with Gasteiger partial charge in [0.15, 0.2) is 0 Å². The van der Waals surface area contributed by atoms with Gasteiger partial charge in [-0.25, -0.2) is 0 Å². The highest BCUT2D eigenvalue weighted by atomic mass is 16.2. The Morgan fingerprint density at radius 1 is 1.19 bits per heavy atom. The molecule has 134 valence electrons. The number of rotatable bonds is 5. The minimum Gasteiger partial charge on any atom is -0.428 e. The third kappa shape index (κ3) is 3.47. The highest BCUT2D eigenvalue weighted by molar-refractivity contribution is 6.65. The molecule has 2 heterocycles. The van der Waals surface area contributed by atoms with Crippen molar-refractivity contribution in [2.24, 2.45) is 10.8 Å². The summed E-state index contributed by atoms with van der Waals surface area (Å²) in [6, 6.07) is 13.4. The first kappa shape index (κ1) is 17.4. The quantitative estimate of drug-likeness (QED) is 0.584. The van der Waals surface area contributed by atoms with Crippen LogP contribution in [0.3, 0.4) is 0 Å². The topological polar surface area (TPSA) is 101 Å². The second-order valence-corrected chi connectivity index (χ2v) is 6.67. The van der Waals surface area contributed by atoms with E-state index in [-0.39, 0.29) is 12.3 Å². The highest BCUT2D eigenvalue weighted by Gasteiger charge is 2.24. The molecule has 0 amide bonds. The fraction of sp³-hybridized carbons (Fsp3) is 0.150. The van der Waals surface area contributed by atoms with Crippen LogP contribution in [-0.2, 0) is 11.2 Å². The van der Waals surface area contributed by atoms with E-state index in [1.54, 1.807) is 12.4 Å². The number of pyridine rings is 1. The summed E-state index contributed by atoms with van der Waals surface area (Å²) < 4.78 is 0. The second-order valence-electron chi connectivity index (χ2n) is 6.67. The summed E-state index contributed by atoms with van der Waals surface area (Å²) >= 11 is 0. The van der Waals surface area contributed by atoms with Crippen LogP contribution in [0.15, 0.2) is 60.0 Å². The van der Waals surface area contributed by atoms with Gasteiger partial charge in [-0.1, -0.05) is 30.3 Å². The Hall–Kier alpha value is -3.03. The van der Waals surface area contributed by atoms with E-state index in [1.807, 2.05) is 48.7 Å². The van der Waals surface area contributed by atoms with E-state index in [9.17, 15) is 9.82 Å². The van der Waals surface area contributed by atoms with E-state index in [4.69, 9.17) is 5.73 Å². The zero-order valence-electron chi connectivity index (χ0n) is 14.7. The Morgan fingerprint density at radius 3 is 2.93 bits per heavy atom. The van der Waals surface area contributed by atoms with E-state index in [0.717, 1.165) is 32.9 Å². The number of Topliss-reactive ketones (excluding diaryl/α,β-unsaturated/α-hetero) is 1. The van der Waals surface area contributed by atoms with Crippen molar-refractivity contribution in [3.63, 3.8) is 0 Å². The van der Waals surface area contributed by atoms with Crippen molar-refractivity contribution in [3.8, 4) is 0 Å². The molecule has 0 unspecified atom stereocenters. The van der Waals surface area contributed by atoms with Gasteiger partial charge in [-0.2, -0.15) is 5.10 Å². The van der Waals surface area contributed by atoms with Crippen LogP contribution in [0, 0.1) is 0 Å². The molecule has 0 saturated heterocycles. The van der Waals surface area contributed by atoms with Crippen molar-refractivity contribution >= 4 is 35.3 Å². The van der Waals surface area contributed by atoms with Crippen LogP contribution in [0.5, 0.6) is 0 Å². The maximum Gasteiger partial charge on any atom is 0.464 e. The molecule has 0 bridgehead atoms. The van der Waals surface area contributed by atoms with E-state index >= 15 is 0 Å². The Morgan fingerprint density at radius 2 is 2.07 bits per heavy atom. The lowest BCUT2D eigenvalue weighted by molar-refractivity contribution is -0.119.